The molecule has 1 aromatic heterocycles. The molecule has 15 heavy (non-hydrogen) atoms. The van der Waals surface area contributed by atoms with Gasteiger partial charge in [0.2, 0.25) is 0 Å². The summed E-state index contributed by atoms with van der Waals surface area (Å²) in [5, 5.41) is 0. The summed E-state index contributed by atoms with van der Waals surface area (Å²) < 4.78 is 0. The van der Waals surface area contributed by atoms with Crippen LogP contribution in [-0.4, -0.2) is 4.98 Å². The summed E-state index contributed by atoms with van der Waals surface area (Å²) in [6.07, 6.45) is 3.51. The maximum Gasteiger partial charge on any atom is 0.0393 e. The molecule has 0 saturated heterocycles. The molecule has 3 heteroatoms. The molecule has 1 heterocycles. The van der Waals surface area contributed by atoms with E-state index in [1.165, 1.54) is 0 Å². The van der Waals surface area contributed by atoms with Gasteiger partial charge in [0, 0.05) is 30.2 Å². The monoisotopic (exact) mass is 199 g/mol. The topological polar surface area (TPSA) is 64.9 Å². The first-order chi connectivity index (χ1) is 7.31. The van der Waals surface area contributed by atoms with Crippen LogP contribution in [0.3, 0.4) is 0 Å². The minimum Gasteiger partial charge on any atom is -0.398 e. The molecule has 76 valence electrons. The molecule has 2 aromatic rings. The molecule has 0 spiro atoms. The highest BCUT2D eigenvalue weighted by atomic mass is 14.6. The van der Waals surface area contributed by atoms with Crippen LogP contribution in [0.1, 0.15) is 5.56 Å². The fourth-order valence-electron chi connectivity index (χ4n) is 1.51. The van der Waals surface area contributed by atoms with Crippen molar-refractivity contribution in [3.8, 4) is 11.1 Å². The van der Waals surface area contributed by atoms with Crippen molar-refractivity contribution in [2.75, 3.05) is 5.73 Å². The highest BCUT2D eigenvalue weighted by molar-refractivity contribution is 5.76. The van der Waals surface area contributed by atoms with Crippen molar-refractivity contribution in [2.45, 2.75) is 6.54 Å². The van der Waals surface area contributed by atoms with Crippen molar-refractivity contribution in [1.82, 2.24) is 4.98 Å². The molecule has 0 bridgehead atoms. The van der Waals surface area contributed by atoms with Crippen molar-refractivity contribution in [3.05, 3.63) is 48.3 Å². The summed E-state index contributed by atoms with van der Waals surface area (Å²) in [6.45, 7) is 0.526. The third kappa shape index (κ3) is 1.97. The van der Waals surface area contributed by atoms with Crippen LogP contribution < -0.4 is 11.5 Å². The third-order valence-electron chi connectivity index (χ3n) is 2.34. The van der Waals surface area contributed by atoms with Crippen LogP contribution >= 0.6 is 0 Å². The lowest BCUT2D eigenvalue weighted by atomic mass is 10.0. The number of nitrogens with two attached hydrogens (primary N) is 2. The van der Waals surface area contributed by atoms with E-state index in [9.17, 15) is 0 Å². The van der Waals surface area contributed by atoms with E-state index in [-0.39, 0.29) is 0 Å². The van der Waals surface area contributed by atoms with Crippen molar-refractivity contribution < 1.29 is 0 Å². The van der Waals surface area contributed by atoms with E-state index in [0.29, 0.717) is 6.54 Å². The average Bonchev–Trinajstić information content (AvgIpc) is 2.31. The average molecular weight is 199 g/mol. The van der Waals surface area contributed by atoms with E-state index in [2.05, 4.69) is 4.98 Å². The molecule has 0 aliphatic rings. The summed E-state index contributed by atoms with van der Waals surface area (Å²) in [5.41, 5.74) is 15.4. The Morgan fingerprint density at radius 2 is 1.80 bits per heavy atom. The highest BCUT2D eigenvalue weighted by Crippen LogP contribution is 2.26. The number of rotatable bonds is 2. The second-order valence-corrected chi connectivity index (χ2v) is 3.36. The Hall–Kier alpha value is -1.87. The Balaban J connectivity index is 2.52. The summed E-state index contributed by atoms with van der Waals surface area (Å²) in [5.74, 6) is 0. The molecule has 3 nitrogen and oxygen atoms in total. The Kier molecular flexibility index (Phi) is 2.65. The third-order valence-corrected chi connectivity index (χ3v) is 2.34. The van der Waals surface area contributed by atoms with Gasteiger partial charge in [0.25, 0.3) is 0 Å². The maximum absolute atomic E-state index is 5.91. The van der Waals surface area contributed by atoms with E-state index >= 15 is 0 Å². The smallest absolute Gasteiger partial charge is 0.0393 e. The standard InChI is InChI=1S/C12H13N3/c13-8-9-1-2-12(14)11(7-9)10-3-5-15-6-4-10/h1-7H,8,13-14H2. The molecule has 0 amide bonds. The Morgan fingerprint density at radius 3 is 2.47 bits per heavy atom. The fourth-order valence-corrected chi connectivity index (χ4v) is 1.51. The van der Waals surface area contributed by atoms with Crippen molar-refractivity contribution >= 4 is 5.69 Å². The SMILES string of the molecule is NCc1ccc(N)c(-c2ccncc2)c1. The van der Waals surface area contributed by atoms with Crippen molar-refractivity contribution in [3.63, 3.8) is 0 Å². The molecule has 4 N–H and O–H groups in total. The van der Waals surface area contributed by atoms with Crippen LogP contribution in [0, 0.1) is 0 Å². The molecule has 0 fully saturated rings. The molecular weight excluding hydrogens is 186 g/mol. The predicted octanol–water partition coefficient (Wildman–Crippen LogP) is 1.79. The van der Waals surface area contributed by atoms with Crippen LogP contribution in [0.2, 0.25) is 0 Å². The lowest BCUT2D eigenvalue weighted by molar-refractivity contribution is 1.07. The van der Waals surface area contributed by atoms with Gasteiger partial charge in [0.05, 0.1) is 0 Å². The fraction of sp³-hybridized carbons (Fsp3) is 0.0833. The van der Waals surface area contributed by atoms with Crippen LogP contribution in [0.5, 0.6) is 0 Å². The molecule has 2 rings (SSSR count). The Morgan fingerprint density at radius 1 is 1.07 bits per heavy atom. The minimum absolute atomic E-state index is 0.526. The van der Waals surface area contributed by atoms with E-state index in [4.69, 9.17) is 11.5 Å². The van der Waals surface area contributed by atoms with E-state index < -0.39 is 0 Å². The van der Waals surface area contributed by atoms with Crippen LogP contribution in [-0.2, 0) is 6.54 Å². The van der Waals surface area contributed by atoms with E-state index in [1.807, 2.05) is 30.3 Å². The molecular formula is C12H13N3. The van der Waals surface area contributed by atoms with Gasteiger partial charge in [0.1, 0.15) is 0 Å². The largest absolute Gasteiger partial charge is 0.398 e. The van der Waals surface area contributed by atoms with Gasteiger partial charge < -0.3 is 11.5 Å². The van der Waals surface area contributed by atoms with E-state index in [1.54, 1.807) is 12.4 Å². The number of anilines is 1. The summed E-state index contributed by atoms with van der Waals surface area (Å²) in [4.78, 5) is 3.98. The number of aromatic nitrogens is 1. The normalized spacial score (nSPS) is 10.2. The van der Waals surface area contributed by atoms with Crippen LogP contribution in [0.25, 0.3) is 11.1 Å². The lowest BCUT2D eigenvalue weighted by Crippen LogP contribution is -1.98. The first-order valence-electron chi connectivity index (χ1n) is 4.80. The number of hydrogen-bond acceptors (Lipinski definition) is 3. The number of pyridine rings is 1. The van der Waals surface area contributed by atoms with Crippen LogP contribution in [0.4, 0.5) is 5.69 Å². The summed E-state index contributed by atoms with van der Waals surface area (Å²) in [7, 11) is 0. The van der Waals surface area contributed by atoms with Gasteiger partial charge >= 0.3 is 0 Å². The van der Waals surface area contributed by atoms with Gasteiger partial charge in [-0.3, -0.25) is 4.98 Å². The van der Waals surface area contributed by atoms with Crippen molar-refractivity contribution in [2.24, 2.45) is 5.73 Å². The van der Waals surface area contributed by atoms with Crippen molar-refractivity contribution in [1.29, 1.82) is 0 Å². The quantitative estimate of drug-likeness (QED) is 0.725. The van der Waals surface area contributed by atoms with Gasteiger partial charge in [-0.15, -0.1) is 0 Å². The predicted molar refractivity (Wildman–Crippen MR) is 62.0 cm³/mol. The first-order valence-corrected chi connectivity index (χ1v) is 4.80. The maximum atomic E-state index is 5.91. The van der Waals surface area contributed by atoms with Gasteiger partial charge in [-0.05, 0) is 35.4 Å². The zero-order chi connectivity index (χ0) is 10.7. The highest BCUT2D eigenvalue weighted by Gasteiger charge is 2.02. The van der Waals surface area contributed by atoms with Gasteiger partial charge in [0.15, 0.2) is 0 Å². The first kappa shape index (κ1) is 9.68. The summed E-state index contributed by atoms with van der Waals surface area (Å²) in [6, 6.07) is 9.72. The molecule has 0 radical (unpaired) electrons. The number of hydrogen-bond donors (Lipinski definition) is 2. The molecule has 1 aromatic carbocycles. The molecule has 0 atom stereocenters. The molecule has 0 aliphatic carbocycles. The number of nitrogens with zero attached hydrogens (tertiary/aromatic N) is 1. The second-order valence-electron chi connectivity index (χ2n) is 3.36. The molecule has 0 unspecified atom stereocenters. The number of nitrogen functional groups attached to an aromatic ring is 1. The van der Waals surface area contributed by atoms with E-state index in [0.717, 1.165) is 22.4 Å². The summed E-state index contributed by atoms with van der Waals surface area (Å²) >= 11 is 0. The molecule has 0 saturated carbocycles. The second kappa shape index (κ2) is 4.11. The lowest BCUT2D eigenvalue weighted by Gasteiger charge is -2.07. The number of benzene rings is 1. The van der Waals surface area contributed by atoms with Gasteiger partial charge in [-0.2, -0.15) is 0 Å². The minimum atomic E-state index is 0.526. The van der Waals surface area contributed by atoms with Gasteiger partial charge in [-0.1, -0.05) is 6.07 Å². The van der Waals surface area contributed by atoms with Crippen LogP contribution in [0.15, 0.2) is 42.7 Å². The Bertz CT molecular complexity index is 452. The Labute approximate surface area is 88.8 Å². The van der Waals surface area contributed by atoms with Gasteiger partial charge in [-0.25, -0.2) is 0 Å². The zero-order valence-electron chi connectivity index (χ0n) is 8.35. The zero-order valence-corrected chi connectivity index (χ0v) is 8.35. The molecule has 0 aliphatic heterocycles.